The number of hydrogen-bond donors (Lipinski definition) is 3. The van der Waals surface area contributed by atoms with Crippen LogP contribution in [0.2, 0.25) is 0 Å². The Bertz CT molecular complexity index is 5250. The number of hydrogen-bond acceptors (Lipinski definition) is 21. The number of carbonyl (C=O) groups is 6. The molecule has 7 fully saturated rings. The predicted octanol–water partition coefficient (Wildman–Crippen LogP) is 16.9. The van der Waals surface area contributed by atoms with Gasteiger partial charge in [0.1, 0.15) is 77.2 Å². The molecular weight excluding hydrogens is 1840 g/mol. The molecule has 10 aliphatic rings. The van der Waals surface area contributed by atoms with Gasteiger partial charge in [-0.25, -0.2) is 53.2 Å². The van der Waals surface area contributed by atoms with Crippen LogP contribution in [0.4, 0.5) is 40.7 Å². The smallest absolute Gasteiger partial charge is 0.408 e. The topological polar surface area (TPSA) is 325 Å². The molecule has 0 spiro atoms. The van der Waals surface area contributed by atoms with E-state index >= 15 is 26.3 Å². The first kappa shape index (κ1) is 105. The molecule has 3 aromatic heterocycles. The minimum absolute atomic E-state index is 0. The number of rotatable bonds is 7. The third kappa shape index (κ3) is 23.1. The summed E-state index contributed by atoms with van der Waals surface area (Å²) in [5.41, 5.74) is -2.89. The van der Waals surface area contributed by atoms with Gasteiger partial charge in [0.25, 0.3) is 17.8 Å². The number of alkyl carbamates (subject to hydrolysis) is 3. The summed E-state index contributed by atoms with van der Waals surface area (Å²) in [6.45, 7) is 23.4. The number of nitrogens with one attached hydrogen (secondary N) is 3. The van der Waals surface area contributed by atoms with E-state index < -0.39 is 184 Å². The third-order valence-corrected chi connectivity index (χ3v) is 28.1. The van der Waals surface area contributed by atoms with Gasteiger partial charge in [0.05, 0.1) is 55.9 Å². The van der Waals surface area contributed by atoms with Gasteiger partial charge in [-0.1, -0.05) is 145 Å². The van der Waals surface area contributed by atoms with Crippen LogP contribution in [-0.4, -0.2) is 196 Å². The number of ether oxygens (including phenoxy) is 8. The molecule has 4 saturated carbocycles. The van der Waals surface area contributed by atoms with Crippen molar-refractivity contribution in [1.29, 1.82) is 0 Å². The number of amides is 6. The molecule has 723 valence electrons. The third-order valence-electron chi connectivity index (χ3n) is 28.1. The number of fused-ring (bicyclic) bond motifs is 17. The van der Waals surface area contributed by atoms with Gasteiger partial charge < -0.3 is 82.9 Å². The Morgan fingerprint density at radius 3 is 1.34 bits per heavy atom. The number of alkyl halides is 6. The summed E-state index contributed by atoms with van der Waals surface area (Å²) in [6.07, 6.45) is 7.69. The quantitative estimate of drug-likeness (QED) is 0.0759. The van der Waals surface area contributed by atoms with E-state index in [0.29, 0.717) is 120 Å². The van der Waals surface area contributed by atoms with Gasteiger partial charge in [-0.2, -0.15) is 26.3 Å². The van der Waals surface area contributed by atoms with Crippen molar-refractivity contribution in [2.45, 2.75) is 296 Å². The summed E-state index contributed by atoms with van der Waals surface area (Å²) in [5.74, 6) is -11.3. The molecule has 3 saturated heterocycles. The van der Waals surface area contributed by atoms with Crippen LogP contribution >= 0.6 is 0 Å². The van der Waals surface area contributed by atoms with Crippen LogP contribution in [0, 0.1) is 63.6 Å². The van der Waals surface area contributed by atoms with Crippen LogP contribution in [0.25, 0.3) is 32.8 Å². The van der Waals surface area contributed by atoms with E-state index in [1.165, 1.54) is 41.1 Å². The Balaban J connectivity index is 0.000000205. The number of pyridine rings is 2. The fraction of sp³-hybridized carbons (Fsp3) is 0.639. The van der Waals surface area contributed by atoms with Crippen molar-refractivity contribution in [1.82, 2.24) is 50.6 Å². The predicted molar refractivity (Wildman–Crippen MR) is 469 cm³/mol. The Labute approximate surface area is 809 Å². The van der Waals surface area contributed by atoms with Gasteiger partial charge >= 0.3 is 18.3 Å². The summed E-state index contributed by atoms with van der Waals surface area (Å²) in [6, 6.07) is 13.8. The van der Waals surface area contributed by atoms with Crippen molar-refractivity contribution in [3.63, 3.8) is 0 Å². The minimum atomic E-state index is -3.32. The molecule has 6 amide bonds. The molecule has 2 unspecified atom stereocenters. The van der Waals surface area contributed by atoms with Gasteiger partial charge in [-0.3, -0.25) is 14.4 Å². The van der Waals surface area contributed by atoms with Crippen LogP contribution in [0.15, 0.2) is 72.8 Å². The van der Waals surface area contributed by atoms with E-state index in [2.05, 4.69) is 35.9 Å². The van der Waals surface area contributed by atoms with Crippen LogP contribution in [-0.2, 0) is 116 Å². The number of halogens is 6. The molecule has 16 rings (SSSR count). The number of methoxy groups -OCH3 is 2. The Hall–Kier alpha value is -8.62. The average molecular weight is 1970 g/mol. The second-order valence-electron chi connectivity index (χ2n) is 40.5. The molecule has 133 heavy (non-hydrogen) atoms. The Morgan fingerprint density at radius 2 is 0.880 bits per heavy atom. The van der Waals surface area contributed by atoms with Crippen molar-refractivity contribution < 1.29 is 164 Å². The van der Waals surface area contributed by atoms with Gasteiger partial charge in [0, 0.05) is 93.0 Å². The van der Waals surface area contributed by atoms with Crippen LogP contribution in [0.1, 0.15) is 224 Å². The molecule has 6 aromatic rings. The molecule has 3 aromatic carbocycles. The molecule has 27 nitrogen and oxygen atoms in total. The first-order chi connectivity index (χ1) is 61.4. The first-order valence-electron chi connectivity index (χ1n) is 45.8. The molecule has 9 heterocycles. The maximum atomic E-state index is 16.0. The van der Waals surface area contributed by atoms with Crippen molar-refractivity contribution >= 4 is 87.7 Å². The summed E-state index contributed by atoms with van der Waals surface area (Å²) in [7, 11) is 3.03. The second-order valence-corrected chi connectivity index (χ2v) is 40.5. The van der Waals surface area contributed by atoms with E-state index in [1.54, 1.807) is 67.6 Å². The van der Waals surface area contributed by atoms with Gasteiger partial charge in [0.2, 0.25) is 23.6 Å². The molecule has 4 aliphatic carbocycles. The Morgan fingerprint density at radius 1 is 0.466 bits per heavy atom. The zero-order chi connectivity index (χ0) is 93.8. The fourth-order valence-corrected chi connectivity index (χ4v) is 20.2. The standard InChI is InChI=1S/C33H42F2N3O6.C32H39F2N4O5.C32H40F2N3O6.3V.H2/c1-7-22-24(18-39)38-17-26(22)43-25-15-19-14-21(42-6)11-12-23(19)36-27(25)33(34,35)13-9-8-10-20-16-32(20,5)44-30(41)37-28(29(38)40)31(2,3)4;1-17-23(16-39)38-15-25(17)42-28-26(35-21-10-5-6-11-22(21)36-28)32(33,34)12-8-7-9-19-20-13-18(20)14-24(19)43-30(41)37-27(29(38)40)31(2,3)4;1-6-21-23(17-38)37-16-26(21)42-25-15-19-13-20(41-5)10-11-22(19)35-27(25)32(33,34)12-8-7-9-18-14-24(18)43-30(40)36-28(29(37)39)31(2,3)4;;;;/h11-12,14-15,20,22,24,26,28H,7-10,13,16-17H2,1-6H3,(H,37,41);5-6,10-11,17-20,23-25,27H,7-9,12-15H2,1-4H3,(H,37,41);10-11,13,15,18,21,23-24,26,28H,6-9,12,14,16H2,1-5H3,(H,36,40);;;;1H/q3*-1;;;;/t20-,22+,24-,26+,28-,32-;17-,18?,19+,20?,23+,24+,25-,27+;18-,21+,23-,24-,26+,28-;;;;/m101..../s1. The largest absolute Gasteiger partial charge is 0.540 e. The van der Waals surface area contributed by atoms with Gasteiger partial charge in [0.15, 0.2) is 17.1 Å². The van der Waals surface area contributed by atoms with Crippen molar-refractivity contribution in [3.05, 3.63) is 89.9 Å². The maximum Gasteiger partial charge on any atom is 0.408 e. The van der Waals surface area contributed by atoms with E-state index in [-0.39, 0.29) is 143 Å². The van der Waals surface area contributed by atoms with Gasteiger partial charge in [-0.05, 0) is 189 Å². The molecule has 3 N–H and O–H groups in total. The molecular formula is C97H123F6N10O17V3-3. The number of nitrogens with zero attached hydrogens (tertiary/aromatic N) is 7. The van der Waals surface area contributed by atoms with E-state index in [4.69, 9.17) is 37.9 Å². The summed E-state index contributed by atoms with van der Waals surface area (Å²) < 4.78 is 142. The number of para-hydroxylation sites is 2. The normalized spacial score (nSPS) is 31.0. The molecule has 6 bridgehead atoms. The average Bonchev–Trinajstić information content (AvgIpc) is 1.58. The molecule has 3 radical (unpaired) electrons. The van der Waals surface area contributed by atoms with Crippen molar-refractivity contribution in [3.8, 4) is 28.9 Å². The van der Waals surface area contributed by atoms with E-state index in [1.807, 2.05) is 102 Å². The SMILES string of the molecule is CC[C@@H]1[C@@H]2CN(C(=O)[C@H](C(C)(C)C)NC(=O)O[C@@H]3C[C@H]3CCCCC(F)(F)c3nc4ccc(OC)cc4cc3O2)[C@@H]1[C-]=O.CC[C@@H]1[C@@H]2CN(C(=O)[C@H](C(C)(C)C)NC(=O)O[C@]3(C)C[C@H]3CCCCC(F)(F)c3nc4ccc(OC)cc4cc3O2)[C@@H]1[C-]=O.C[C@@H]1[C@@H]2CN(C(=O)[C@H](C(C)(C)C)NC(=O)O[C@@H]3CC4CC4[C@H]3CCCCC(F)(F)c3nc4ccccc4nc3O2)[C@@H]1[C-]=O.[HH].[V].[V].[V]. The first-order valence-corrected chi connectivity index (χ1v) is 45.8. The monoisotopic (exact) mass is 1970 g/mol. The molecule has 36 heteroatoms. The van der Waals surface area contributed by atoms with Crippen LogP contribution < -0.4 is 39.6 Å². The minimum Gasteiger partial charge on any atom is -0.540 e. The fourth-order valence-electron chi connectivity index (χ4n) is 20.2. The Kier molecular flexibility index (Phi) is 32.9. The van der Waals surface area contributed by atoms with E-state index in [0.717, 1.165) is 12.8 Å². The van der Waals surface area contributed by atoms with E-state index in [9.17, 15) is 43.2 Å². The van der Waals surface area contributed by atoms with Crippen LogP contribution in [0.5, 0.6) is 28.9 Å². The molecule has 6 aliphatic heterocycles. The number of carbonyl (C=O) groups excluding carboxylic acids is 9. The van der Waals surface area contributed by atoms with Crippen molar-refractivity contribution in [2.24, 2.45) is 63.6 Å². The molecule has 20 atom stereocenters. The number of benzene rings is 3. The summed E-state index contributed by atoms with van der Waals surface area (Å²) in [5, 5.41) is 9.42. The van der Waals surface area contributed by atoms with Gasteiger partial charge in [-0.15, -0.1) is 0 Å². The second kappa shape index (κ2) is 41.8. The maximum absolute atomic E-state index is 16.0. The van der Waals surface area contributed by atoms with Crippen LogP contribution in [0.3, 0.4) is 0 Å². The zero-order valence-corrected chi connectivity index (χ0v) is 82.1. The zero-order valence-electron chi connectivity index (χ0n) is 77.9. The van der Waals surface area contributed by atoms with Crippen molar-refractivity contribution in [2.75, 3.05) is 33.9 Å². The summed E-state index contributed by atoms with van der Waals surface area (Å²) >= 11 is 0. The summed E-state index contributed by atoms with van der Waals surface area (Å²) in [4.78, 5) is 139. The number of aromatic nitrogens is 4.